The molecule has 0 saturated carbocycles. The quantitative estimate of drug-likeness (QED) is 0.315. The van der Waals surface area contributed by atoms with Crippen molar-refractivity contribution in [2.24, 2.45) is 4.99 Å². The fourth-order valence-electron chi connectivity index (χ4n) is 4.17. The molecule has 3 amide bonds. The molecule has 0 spiro atoms. The molecule has 0 radical (unpaired) electrons. The van der Waals surface area contributed by atoms with Crippen LogP contribution in [0, 0.1) is 0 Å². The second kappa shape index (κ2) is 9.27. The van der Waals surface area contributed by atoms with Crippen molar-refractivity contribution in [2.45, 2.75) is 26.3 Å². The molecule has 1 saturated heterocycles. The number of imide groups is 1. The van der Waals surface area contributed by atoms with Crippen molar-refractivity contribution in [3.8, 4) is 0 Å². The summed E-state index contributed by atoms with van der Waals surface area (Å²) in [7, 11) is 0. The van der Waals surface area contributed by atoms with Gasteiger partial charge in [0, 0.05) is 23.8 Å². The lowest BCUT2D eigenvalue weighted by atomic mass is 10.1. The topological polar surface area (TPSA) is 98.0 Å². The number of ether oxygens (including phenoxy) is 1. The van der Waals surface area contributed by atoms with Gasteiger partial charge in [0.2, 0.25) is 11.8 Å². The van der Waals surface area contributed by atoms with Crippen LogP contribution in [0.15, 0.2) is 65.7 Å². The highest BCUT2D eigenvalue weighted by Crippen LogP contribution is 2.28. The van der Waals surface area contributed by atoms with Crippen LogP contribution in [0.4, 0.5) is 5.69 Å². The number of anilines is 1. The number of fused-ring (bicyclic) bond motifs is 3. The monoisotopic (exact) mass is 487 g/mol. The molecule has 0 unspecified atom stereocenters. The van der Waals surface area contributed by atoms with E-state index in [4.69, 9.17) is 4.74 Å². The van der Waals surface area contributed by atoms with Crippen molar-refractivity contribution in [2.75, 3.05) is 11.5 Å². The van der Waals surface area contributed by atoms with Crippen molar-refractivity contribution in [3.05, 3.63) is 71.0 Å². The van der Waals surface area contributed by atoms with Gasteiger partial charge in [-0.1, -0.05) is 47.7 Å². The molecular weight excluding hydrogens is 466 g/mol. The first-order valence-corrected chi connectivity index (χ1v) is 12.0. The Labute approximate surface area is 204 Å². The van der Waals surface area contributed by atoms with E-state index in [1.165, 1.54) is 17.4 Å². The highest BCUT2D eigenvalue weighted by molar-refractivity contribution is 7.17. The van der Waals surface area contributed by atoms with E-state index < -0.39 is 11.9 Å². The first kappa shape index (κ1) is 22.7. The van der Waals surface area contributed by atoms with Gasteiger partial charge in [-0.05, 0) is 36.6 Å². The largest absolute Gasteiger partial charge is 0.465 e. The number of carbonyl (C=O) groups is 4. The number of benzene rings is 3. The van der Waals surface area contributed by atoms with Crippen LogP contribution >= 0.6 is 11.3 Å². The Morgan fingerprint density at radius 3 is 2.54 bits per heavy atom. The van der Waals surface area contributed by atoms with Gasteiger partial charge in [-0.15, -0.1) is 0 Å². The molecule has 1 aliphatic rings. The van der Waals surface area contributed by atoms with E-state index in [2.05, 4.69) is 4.99 Å². The molecule has 5 rings (SSSR count). The maximum absolute atomic E-state index is 13.2. The average Bonchev–Trinajstić information content (AvgIpc) is 3.38. The zero-order valence-electron chi connectivity index (χ0n) is 18.9. The predicted molar refractivity (Wildman–Crippen MR) is 132 cm³/mol. The fourth-order valence-corrected chi connectivity index (χ4v) is 5.33. The van der Waals surface area contributed by atoms with Crippen LogP contribution in [0.2, 0.25) is 0 Å². The maximum atomic E-state index is 13.2. The van der Waals surface area contributed by atoms with Gasteiger partial charge in [-0.3, -0.25) is 24.1 Å². The Morgan fingerprint density at radius 2 is 1.77 bits per heavy atom. The normalized spacial score (nSPS) is 14.3. The SMILES string of the molecule is CCOC(=O)Cn1c(=NC(=O)c2cccc(N3C(=O)CCC3=O)c2)sc2c3ccccc3ccc21. The minimum absolute atomic E-state index is 0.0882. The lowest BCUT2D eigenvalue weighted by molar-refractivity contribution is -0.143. The number of amides is 3. The van der Waals surface area contributed by atoms with Gasteiger partial charge >= 0.3 is 5.97 Å². The molecule has 1 fully saturated rings. The Hall–Kier alpha value is -4.11. The van der Waals surface area contributed by atoms with Gasteiger partial charge in [-0.2, -0.15) is 4.99 Å². The predicted octanol–water partition coefficient (Wildman–Crippen LogP) is 3.81. The summed E-state index contributed by atoms with van der Waals surface area (Å²) in [5.41, 5.74) is 1.36. The molecular formula is C26H21N3O5S. The molecule has 9 heteroatoms. The molecule has 1 aromatic heterocycles. The zero-order valence-corrected chi connectivity index (χ0v) is 19.7. The van der Waals surface area contributed by atoms with Crippen LogP contribution in [0.1, 0.15) is 30.1 Å². The summed E-state index contributed by atoms with van der Waals surface area (Å²) in [4.78, 5) is 55.5. The fraction of sp³-hybridized carbons (Fsp3) is 0.192. The summed E-state index contributed by atoms with van der Waals surface area (Å²) < 4.78 is 7.72. The van der Waals surface area contributed by atoms with E-state index >= 15 is 0 Å². The Bertz CT molecular complexity index is 1570. The van der Waals surface area contributed by atoms with Gasteiger partial charge in [0.25, 0.3) is 5.91 Å². The molecule has 8 nitrogen and oxygen atoms in total. The van der Waals surface area contributed by atoms with Gasteiger partial charge < -0.3 is 9.30 Å². The van der Waals surface area contributed by atoms with Gasteiger partial charge in [-0.25, -0.2) is 0 Å². The van der Waals surface area contributed by atoms with E-state index in [1.54, 1.807) is 29.7 Å². The first-order chi connectivity index (χ1) is 17.0. The van der Waals surface area contributed by atoms with Crippen LogP contribution in [0.3, 0.4) is 0 Å². The Balaban J connectivity index is 1.61. The van der Waals surface area contributed by atoms with Crippen molar-refractivity contribution in [3.63, 3.8) is 0 Å². The molecule has 0 bridgehead atoms. The van der Waals surface area contributed by atoms with Gasteiger partial charge in [0.15, 0.2) is 4.80 Å². The number of thiazole rings is 1. The lowest BCUT2D eigenvalue weighted by Gasteiger charge is -2.14. The van der Waals surface area contributed by atoms with E-state index in [0.29, 0.717) is 10.5 Å². The average molecular weight is 488 g/mol. The maximum Gasteiger partial charge on any atom is 0.326 e. The number of rotatable bonds is 5. The lowest BCUT2D eigenvalue weighted by Crippen LogP contribution is -2.28. The summed E-state index contributed by atoms with van der Waals surface area (Å²) in [5.74, 6) is -1.55. The minimum atomic E-state index is -0.542. The molecule has 1 aliphatic heterocycles. The number of esters is 1. The second-order valence-corrected chi connectivity index (χ2v) is 8.98. The van der Waals surface area contributed by atoms with Crippen LogP contribution in [-0.2, 0) is 25.7 Å². The highest BCUT2D eigenvalue weighted by Gasteiger charge is 2.30. The van der Waals surface area contributed by atoms with Crippen LogP contribution in [0.25, 0.3) is 21.0 Å². The standard InChI is InChI=1S/C26H21N3O5S/c1-2-34-23(32)15-28-20-11-10-16-6-3-4-9-19(16)24(20)35-26(28)27-25(33)17-7-5-8-18(14-17)29-21(30)12-13-22(29)31/h3-11,14H,2,12-13,15H2,1H3. The summed E-state index contributed by atoms with van der Waals surface area (Å²) in [6.07, 6.45) is 0.315. The summed E-state index contributed by atoms with van der Waals surface area (Å²) in [6.45, 7) is 1.89. The first-order valence-electron chi connectivity index (χ1n) is 11.2. The van der Waals surface area contributed by atoms with Gasteiger partial charge in [0.1, 0.15) is 6.54 Å². The van der Waals surface area contributed by atoms with E-state index in [-0.39, 0.29) is 43.4 Å². The Kier molecular flexibility index (Phi) is 6.00. The molecule has 0 N–H and O–H groups in total. The van der Waals surface area contributed by atoms with Gasteiger partial charge in [0.05, 0.1) is 22.5 Å². The van der Waals surface area contributed by atoms with Crippen molar-refractivity contribution >= 4 is 61.7 Å². The Morgan fingerprint density at radius 1 is 1.00 bits per heavy atom. The molecule has 0 atom stereocenters. The summed E-state index contributed by atoms with van der Waals surface area (Å²) in [5, 5.41) is 2.03. The van der Waals surface area contributed by atoms with E-state index in [1.807, 2.05) is 36.4 Å². The number of hydrogen-bond donors (Lipinski definition) is 0. The molecule has 3 aromatic carbocycles. The smallest absolute Gasteiger partial charge is 0.326 e. The van der Waals surface area contributed by atoms with Crippen molar-refractivity contribution < 1.29 is 23.9 Å². The molecule has 176 valence electrons. The summed E-state index contributed by atoms with van der Waals surface area (Å²) >= 11 is 1.32. The van der Waals surface area contributed by atoms with E-state index in [0.717, 1.165) is 25.9 Å². The molecule has 4 aromatic rings. The second-order valence-electron chi connectivity index (χ2n) is 8.00. The van der Waals surface area contributed by atoms with Crippen LogP contribution in [-0.4, -0.2) is 34.9 Å². The minimum Gasteiger partial charge on any atom is -0.465 e. The number of nitrogens with zero attached hydrogens (tertiary/aromatic N) is 3. The third kappa shape index (κ3) is 4.26. The molecule has 35 heavy (non-hydrogen) atoms. The number of carbonyl (C=O) groups excluding carboxylic acids is 4. The summed E-state index contributed by atoms with van der Waals surface area (Å²) in [6, 6.07) is 18.0. The molecule has 2 heterocycles. The van der Waals surface area contributed by atoms with E-state index in [9.17, 15) is 19.2 Å². The third-order valence-corrected chi connectivity index (χ3v) is 6.89. The van der Waals surface area contributed by atoms with Crippen molar-refractivity contribution in [1.82, 2.24) is 4.57 Å². The number of aromatic nitrogens is 1. The zero-order chi connectivity index (χ0) is 24.5. The number of hydrogen-bond acceptors (Lipinski definition) is 6. The molecule has 0 aliphatic carbocycles. The van der Waals surface area contributed by atoms with Crippen LogP contribution in [0.5, 0.6) is 0 Å². The van der Waals surface area contributed by atoms with Crippen LogP contribution < -0.4 is 9.70 Å². The third-order valence-electron chi connectivity index (χ3n) is 5.77. The van der Waals surface area contributed by atoms with Crippen molar-refractivity contribution in [1.29, 1.82) is 0 Å². The highest BCUT2D eigenvalue weighted by atomic mass is 32.1.